The summed E-state index contributed by atoms with van der Waals surface area (Å²) in [5.41, 5.74) is 1.58. The Hall–Kier alpha value is -2.89. The normalized spacial score (nSPS) is 16.1. The van der Waals surface area contributed by atoms with E-state index in [9.17, 15) is 4.79 Å². The number of nitrogens with zero attached hydrogens (tertiary/aromatic N) is 1. The molecule has 27 heavy (non-hydrogen) atoms. The van der Waals surface area contributed by atoms with Gasteiger partial charge in [0.1, 0.15) is 17.2 Å². The van der Waals surface area contributed by atoms with Gasteiger partial charge in [0.05, 0.1) is 32.6 Å². The molecule has 0 bridgehead atoms. The lowest BCUT2D eigenvalue weighted by Crippen LogP contribution is -2.31. The Bertz CT molecular complexity index is 794. The van der Waals surface area contributed by atoms with Crippen molar-refractivity contribution < 1.29 is 19.0 Å². The zero-order valence-electron chi connectivity index (χ0n) is 16.0. The molecule has 0 spiro atoms. The van der Waals surface area contributed by atoms with Crippen LogP contribution in [-0.2, 0) is 0 Å². The third-order valence-corrected chi connectivity index (χ3v) is 4.91. The molecule has 2 aromatic carbocycles. The van der Waals surface area contributed by atoms with E-state index in [0.29, 0.717) is 29.5 Å². The Balaban J connectivity index is 1.61. The average Bonchev–Trinajstić information content (AvgIpc) is 3.20. The fourth-order valence-corrected chi connectivity index (χ4v) is 3.43. The monoisotopic (exact) mass is 370 g/mol. The van der Waals surface area contributed by atoms with Crippen molar-refractivity contribution in [3.8, 4) is 17.2 Å². The van der Waals surface area contributed by atoms with Crippen molar-refractivity contribution in [1.29, 1.82) is 0 Å². The zero-order chi connectivity index (χ0) is 19.2. The number of benzene rings is 2. The van der Waals surface area contributed by atoms with E-state index in [2.05, 4.69) is 16.3 Å². The van der Waals surface area contributed by atoms with Gasteiger partial charge in [-0.3, -0.25) is 4.79 Å². The van der Waals surface area contributed by atoms with E-state index < -0.39 is 0 Å². The van der Waals surface area contributed by atoms with E-state index in [1.165, 1.54) is 0 Å². The van der Waals surface area contributed by atoms with Gasteiger partial charge in [0.15, 0.2) is 0 Å². The summed E-state index contributed by atoms with van der Waals surface area (Å²) in [7, 11) is 4.82. The van der Waals surface area contributed by atoms with E-state index in [1.54, 1.807) is 39.5 Å². The Labute approximate surface area is 160 Å². The molecule has 0 radical (unpaired) electrons. The first kappa shape index (κ1) is 18.9. The minimum Gasteiger partial charge on any atom is -0.497 e. The fraction of sp³-hybridized carbons (Fsp3) is 0.381. The number of para-hydroxylation sites is 2. The van der Waals surface area contributed by atoms with Crippen LogP contribution in [-0.4, -0.2) is 46.9 Å². The van der Waals surface area contributed by atoms with Crippen molar-refractivity contribution in [2.24, 2.45) is 5.92 Å². The van der Waals surface area contributed by atoms with E-state index in [-0.39, 0.29) is 5.91 Å². The molecule has 3 rings (SSSR count). The SMILES string of the molecule is COc1ccc(OC)c(C(=O)NC[C@H]2CCN(c3ccccc3OC)C2)c1. The summed E-state index contributed by atoms with van der Waals surface area (Å²) in [6.45, 7) is 2.45. The molecule has 1 heterocycles. The smallest absolute Gasteiger partial charge is 0.255 e. The number of rotatable bonds is 7. The van der Waals surface area contributed by atoms with E-state index in [0.717, 1.165) is 30.9 Å². The van der Waals surface area contributed by atoms with Gasteiger partial charge in [-0.1, -0.05) is 12.1 Å². The second-order valence-corrected chi connectivity index (χ2v) is 6.55. The predicted octanol–water partition coefficient (Wildman–Crippen LogP) is 2.97. The van der Waals surface area contributed by atoms with Crippen LogP contribution in [0.2, 0.25) is 0 Å². The van der Waals surface area contributed by atoms with Gasteiger partial charge in [0, 0.05) is 19.6 Å². The number of hydrogen-bond donors (Lipinski definition) is 1. The molecular weight excluding hydrogens is 344 g/mol. The fourth-order valence-electron chi connectivity index (χ4n) is 3.43. The molecule has 144 valence electrons. The molecule has 1 aliphatic heterocycles. The lowest BCUT2D eigenvalue weighted by atomic mass is 10.1. The first-order valence-corrected chi connectivity index (χ1v) is 9.04. The predicted molar refractivity (Wildman–Crippen MR) is 105 cm³/mol. The summed E-state index contributed by atoms with van der Waals surface area (Å²) in [5.74, 6) is 2.28. The second-order valence-electron chi connectivity index (χ2n) is 6.55. The van der Waals surface area contributed by atoms with Crippen molar-refractivity contribution in [2.75, 3.05) is 45.9 Å². The summed E-state index contributed by atoms with van der Waals surface area (Å²) in [4.78, 5) is 14.9. The minimum atomic E-state index is -0.151. The summed E-state index contributed by atoms with van der Waals surface area (Å²) < 4.78 is 16.0. The van der Waals surface area contributed by atoms with Gasteiger partial charge >= 0.3 is 0 Å². The summed E-state index contributed by atoms with van der Waals surface area (Å²) >= 11 is 0. The number of amides is 1. The molecule has 1 atom stereocenters. The maximum Gasteiger partial charge on any atom is 0.255 e. The Morgan fingerprint density at radius 2 is 1.85 bits per heavy atom. The van der Waals surface area contributed by atoms with Gasteiger partial charge < -0.3 is 24.4 Å². The molecule has 1 fully saturated rings. The summed E-state index contributed by atoms with van der Waals surface area (Å²) in [5, 5.41) is 3.04. The average molecular weight is 370 g/mol. The lowest BCUT2D eigenvalue weighted by Gasteiger charge is -2.21. The van der Waals surface area contributed by atoms with E-state index >= 15 is 0 Å². The minimum absolute atomic E-state index is 0.151. The van der Waals surface area contributed by atoms with E-state index in [1.807, 2.05) is 18.2 Å². The number of carbonyl (C=O) groups excluding carboxylic acids is 1. The standard InChI is InChI=1S/C21H26N2O4/c1-25-16-8-9-19(26-2)17(12-16)21(24)22-13-15-10-11-23(14-15)18-6-4-5-7-20(18)27-3/h4-9,12,15H,10-11,13-14H2,1-3H3,(H,22,24)/t15-/m1/s1. The highest BCUT2D eigenvalue weighted by Gasteiger charge is 2.25. The van der Waals surface area contributed by atoms with Crippen LogP contribution in [0, 0.1) is 5.92 Å². The first-order valence-electron chi connectivity index (χ1n) is 9.04. The third-order valence-electron chi connectivity index (χ3n) is 4.91. The molecule has 6 heteroatoms. The van der Waals surface area contributed by atoms with Crippen LogP contribution < -0.4 is 24.4 Å². The molecule has 1 N–H and O–H groups in total. The van der Waals surface area contributed by atoms with Crippen molar-refractivity contribution in [2.45, 2.75) is 6.42 Å². The molecule has 1 saturated heterocycles. The second kappa shape index (κ2) is 8.66. The topological polar surface area (TPSA) is 60.0 Å². The van der Waals surface area contributed by atoms with Crippen molar-refractivity contribution in [1.82, 2.24) is 5.32 Å². The van der Waals surface area contributed by atoms with Crippen LogP contribution in [0.3, 0.4) is 0 Å². The lowest BCUT2D eigenvalue weighted by molar-refractivity contribution is 0.0945. The van der Waals surface area contributed by atoms with Gasteiger partial charge in [-0.25, -0.2) is 0 Å². The van der Waals surface area contributed by atoms with Crippen LogP contribution in [0.4, 0.5) is 5.69 Å². The van der Waals surface area contributed by atoms with Crippen LogP contribution >= 0.6 is 0 Å². The molecule has 1 aliphatic rings. The molecular formula is C21H26N2O4. The van der Waals surface area contributed by atoms with Gasteiger partial charge in [-0.15, -0.1) is 0 Å². The van der Waals surface area contributed by atoms with E-state index in [4.69, 9.17) is 14.2 Å². The molecule has 6 nitrogen and oxygen atoms in total. The van der Waals surface area contributed by atoms with Gasteiger partial charge in [-0.05, 0) is 42.7 Å². The van der Waals surface area contributed by atoms with Crippen LogP contribution in [0.25, 0.3) is 0 Å². The highest BCUT2D eigenvalue weighted by atomic mass is 16.5. The summed E-state index contributed by atoms with van der Waals surface area (Å²) in [6, 6.07) is 13.2. The van der Waals surface area contributed by atoms with Crippen LogP contribution in [0.5, 0.6) is 17.2 Å². The molecule has 0 unspecified atom stereocenters. The van der Waals surface area contributed by atoms with Crippen molar-refractivity contribution in [3.63, 3.8) is 0 Å². The number of carbonyl (C=O) groups is 1. The summed E-state index contributed by atoms with van der Waals surface area (Å²) in [6.07, 6.45) is 1.02. The number of ether oxygens (including phenoxy) is 3. The van der Waals surface area contributed by atoms with Gasteiger partial charge in [0.25, 0.3) is 5.91 Å². The first-order chi connectivity index (χ1) is 13.2. The highest BCUT2D eigenvalue weighted by molar-refractivity contribution is 5.97. The number of hydrogen-bond acceptors (Lipinski definition) is 5. The zero-order valence-corrected chi connectivity index (χ0v) is 16.0. The van der Waals surface area contributed by atoms with Crippen LogP contribution in [0.1, 0.15) is 16.8 Å². The number of nitrogens with one attached hydrogen (secondary N) is 1. The Kier molecular flexibility index (Phi) is 6.06. The van der Waals surface area contributed by atoms with Gasteiger partial charge in [-0.2, -0.15) is 0 Å². The molecule has 2 aromatic rings. The largest absolute Gasteiger partial charge is 0.497 e. The number of anilines is 1. The Morgan fingerprint density at radius 3 is 2.59 bits per heavy atom. The van der Waals surface area contributed by atoms with Crippen LogP contribution in [0.15, 0.2) is 42.5 Å². The van der Waals surface area contributed by atoms with Gasteiger partial charge in [0.2, 0.25) is 0 Å². The third kappa shape index (κ3) is 4.27. The highest BCUT2D eigenvalue weighted by Crippen LogP contribution is 2.32. The number of methoxy groups -OCH3 is 3. The quantitative estimate of drug-likeness (QED) is 0.812. The molecule has 0 aromatic heterocycles. The molecule has 0 aliphatic carbocycles. The van der Waals surface area contributed by atoms with Crippen molar-refractivity contribution in [3.05, 3.63) is 48.0 Å². The van der Waals surface area contributed by atoms with Crippen molar-refractivity contribution >= 4 is 11.6 Å². The Morgan fingerprint density at radius 1 is 1.07 bits per heavy atom. The maximum atomic E-state index is 12.6. The molecule has 0 saturated carbocycles. The maximum absolute atomic E-state index is 12.6. The molecule has 1 amide bonds.